The summed E-state index contributed by atoms with van der Waals surface area (Å²) in [5, 5.41) is 5.52. The van der Waals surface area contributed by atoms with Crippen molar-refractivity contribution in [3.8, 4) is 17.2 Å². The highest BCUT2D eigenvalue weighted by atomic mass is 16.6. The van der Waals surface area contributed by atoms with Gasteiger partial charge >= 0.3 is 6.09 Å². The summed E-state index contributed by atoms with van der Waals surface area (Å²) in [4.78, 5) is 39.8. The normalized spacial score (nSPS) is 10.8. The van der Waals surface area contributed by atoms with Crippen molar-refractivity contribution in [2.75, 3.05) is 44.6 Å². The number of para-hydroxylation sites is 1. The molecule has 0 fully saturated rings. The number of carbonyl (C=O) groups is 3. The lowest BCUT2D eigenvalue weighted by Crippen LogP contribution is -2.33. The van der Waals surface area contributed by atoms with Gasteiger partial charge in [-0.3, -0.25) is 9.59 Å². The van der Waals surface area contributed by atoms with Crippen molar-refractivity contribution in [2.45, 2.75) is 39.7 Å². The number of hydrogen-bond donors (Lipinski definition) is 2. The summed E-state index contributed by atoms with van der Waals surface area (Å²) in [5.74, 6) is 0.628. The average molecular weight is 578 g/mol. The van der Waals surface area contributed by atoms with Crippen LogP contribution in [0.15, 0.2) is 60.7 Å². The van der Waals surface area contributed by atoms with Crippen LogP contribution >= 0.6 is 0 Å². The highest BCUT2D eigenvalue weighted by Crippen LogP contribution is 2.32. The Morgan fingerprint density at radius 3 is 2.29 bits per heavy atom. The van der Waals surface area contributed by atoms with Gasteiger partial charge in [-0.15, -0.1) is 0 Å². The quantitative estimate of drug-likeness (QED) is 0.275. The SMILES string of the molecule is COc1cc(C(=O)N(C)c2ccc(C)cc2OC)ccc1NC(=O)c1ccccc1OCCCNC(=O)OC(C)(C)C. The Labute approximate surface area is 246 Å². The molecule has 3 aromatic rings. The van der Waals surface area contributed by atoms with Gasteiger partial charge in [0, 0.05) is 19.2 Å². The van der Waals surface area contributed by atoms with Crippen LogP contribution in [-0.4, -0.2) is 57.9 Å². The molecule has 0 spiro atoms. The number of benzene rings is 3. The van der Waals surface area contributed by atoms with Gasteiger partial charge < -0.3 is 34.5 Å². The summed E-state index contributed by atoms with van der Waals surface area (Å²) >= 11 is 0. The standard InChI is InChI=1S/C32H39N3O7/c1-21-13-16-25(28(19-21)40-7)35(5)30(37)22-14-15-24(27(20-22)39-6)34-29(36)23-11-8-9-12-26(23)41-18-10-17-33-31(38)42-32(2,3)4/h8-9,11-16,19-20H,10,17-18H2,1-7H3,(H,33,38)(H,34,36). The molecule has 10 heteroatoms. The Morgan fingerprint density at radius 1 is 0.881 bits per heavy atom. The summed E-state index contributed by atoms with van der Waals surface area (Å²) in [6, 6.07) is 17.3. The lowest BCUT2D eigenvalue weighted by atomic mass is 10.1. The first-order chi connectivity index (χ1) is 19.9. The van der Waals surface area contributed by atoms with E-state index in [4.69, 9.17) is 18.9 Å². The fourth-order valence-electron chi connectivity index (χ4n) is 4.02. The second kappa shape index (κ2) is 14.2. The number of rotatable bonds is 11. The first-order valence-electron chi connectivity index (χ1n) is 13.5. The van der Waals surface area contributed by atoms with Gasteiger partial charge in [-0.1, -0.05) is 18.2 Å². The Hall–Kier alpha value is -4.73. The number of amides is 3. The molecule has 3 aromatic carbocycles. The number of methoxy groups -OCH3 is 2. The van der Waals surface area contributed by atoms with Gasteiger partial charge in [0.15, 0.2) is 0 Å². The first-order valence-corrected chi connectivity index (χ1v) is 13.5. The van der Waals surface area contributed by atoms with Crippen LogP contribution in [0.25, 0.3) is 0 Å². The number of nitrogens with one attached hydrogen (secondary N) is 2. The third-order valence-electron chi connectivity index (χ3n) is 6.08. The number of ether oxygens (including phenoxy) is 4. The van der Waals surface area contributed by atoms with Crippen molar-refractivity contribution in [3.05, 3.63) is 77.4 Å². The van der Waals surface area contributed by atoms with Crippen LogP contribution < -0.4 is 29.7 Å². The molecule has 0 saturated carbocycles. The topological polar surface area (TPSA) is 115 Å². The zero-order valence-corrected chi connectivity index (χ0v) is 25.2. The van der Waals surface area contributed by atoms with Gasteiger partial charge in [0.2, 0.25) is 0 Å². The number of nitrogens with zero attached hydrogens (tertiary/aromatic N) is 1. The van der Waals surface area contributed by atoms with Crippen molar-refractivity contribution in [3.63, 3.8) is 0 Å². The van der Waals surface area contributed by atoms with Gasteiger partial charge in [-0.05, 0) is 82.1 Å². The molecule has 10 nitrogen and oxygen atoms in total. The number of hydrogen-bond acceptors (Lipinski definition) is 7. The van der Waals surface area contributed by atoms with Gasteiger partial charge in [0.05, 0.1) is 37.8 Å². The monoisotopic (exact) mass is 577 g/mol. The van der Waals surface area contributed by atoms with Crippen LogP contribution in [-0.2, 0) is 4.74 Å². The first kappa shape index (κ1) is 31.8. The van der Waals surface area contributed by atoms with Gasteiger partial charge in [-0.25, -0.2) is 4.79 Å². The maximum Gasteiger partial charge on any atom is 0.407 e. The van der Waals surface area contributed by atoms with Gasteiger partial charge in [0.1, 0.15) is 22.8 Å². The van der Waals surface area contributed by atoms with Gasteiger partial charge in [-0.2, -0.15) is 0 Å². The molecule has 2 N–H and O–H groups in total. The maximum absolute atomic E-state index is 13.3. The molecular formula is C32H39N3O7. The second-order valence-electron chi connectivity index (χ2n) is 10.5. The molecular weight excluding hydrogens is 538 g/mol. The van der Waals surface area contributed by atoms with E-state index in [1.54, 1.807) is 77.4 Å². The van der Waals surface area contributed by atoms with E-state index in [0.717, 1.165) is 5.56 Å². The number of carbonyl (C=O) groups excluding carboxylic acids is 3. The van der Waals surface area contributed by atoms with Crippen LogP contribution in [0.3, 0.4) is 0 Å². The molecule has 3 rings (SSSR count). The molecule has 0 aromatic heterocycles. The van der Waals surface area contributed by atoms with Crippen molar-refractivity contribution in [1.29, 1.82) is 0 Å². The van der Waals surface area contributed by atoms with E-state index in [1.807, 2.05) is 25.1 Å². The molecule has 0 saturated heterocycles. The molecule has 0 unspecified atom stereocenters. The lowest BCUT2D eigenvalue weighted by Gasteiger charge is -2.21. The Bertz CT molecular complexity index is 1420. The molecule has 0 aliphatic carbocycles. The minimum absolute atomic E-state index is 0.270. The molecule has 0 aliphatic rings. The summed E-state index contributed by atoms with van der Waals surface area (Å²) < 4.78 is 22.0. The molecule has 0 heterocycles. The number of alkyl carbamates (subject to hydrolysis) is 1. The zero-order valence-electron chi connectivity index (χ0n) is 25.2. The van der Waals surface area contributed by atoms with Crippen LogP contribution in [0.1, 0.15) is 53.5 Å². The Kier molecular flexibility index (Phi) is 10.8. The lowest BCUT2D eigenvalue weighted by molar-refractivity contribution is 0.0525. The maximum atomic E-state index is 13.3. The summed E-state index contributed by atoms with van der Waals surface area (Å²) in [6.45, 7) is 7.97. The molecule has 0 radical (unpaired) electrons. The fraction of sp³-hybridized carbons (Fsp3) is 0.344. The predicted molar refractivity (Wildman–Crippen MR) is 162 cm³/mol. The van der Waals surface area contributed by atoms with Gasteiger partial charge in [0.25, 0.3) is 11.8 Å². The molecule has 0 bridgehead atoms. The van der Waals surface area contributed by atoms with Crippen molar-refractivity contribution in [1.82, 2.24) is 5.32 Å². The molecule has 0 aliphatic heterocycles. The molecule has 224 valence electrons. The zero-order chi connectivity index (χ0) is 30.9. The molecule has 42 heavy (non-hydrogen) atoms. The largest absolute Gasteiger partial charge is 0.495 e. The highest BCUT2D eigenvalue weighted by molar-refractivity contribution is 6.09. The average Bonchev–Trinajstić information content (AvgIpc) is 2.95. The summed E-state index contributed by atoms with van der Waals surface area (Å²) in [5.41, 5.74) is 2.16. The summed E-state index contributed by atoms with van der Waals surface area (Å²) in [7, 11) is 4.70. The predicted octanol–water partition coefficient (Wildman–Crippen LogP) is 5.83. The van der Waals surface area contributed by atoms with E-state index in [0.29, 0.717) is 52.7 Å². The van der Waals surface area contributed by atoms with Crippen LogP contribution in [0.5, 0.6) is 17.2 Å². The van der Waals surface area contributed by atoms with E-state index in [2.05, 4.69) is 10.6 Å². The van der Waals surface area contributed by atoms with Crippen LogP contribution in [0.4, 0.5) is 16.2 Å². The van der Waals surface area contributed by atoms with Crippen molar-refractivity contribution in [2.24, 2.45) is 0 Å². The Morgan fingerprint density at radius 2 is 1.60 bits per heavy atom. The van der Waals surface area contributed by atoms with Crippen molar-refractivity contribution >= 4 is 29.3 Å². The molecule has 3 amide bonds. The fourth-order valence-corrected chi connectivity index (χ4v) is 4.02. The summed E-state index contributed by atoms with van der Waals surface area (Å²) in [6.07, 6.45) is 0.0204. The third kappa shape index (κ3) is 8.63. The third-order valence-corrected chi connectivity index (χ3v) is 6.08. The Balaban J connectivity index is 1.66. The van der Waals surface area contributed by atoms with E-state index in [9.17, 15) is 14.4 Å². The van der Waals surface area contributed by atoms with Crippen LogP contribution in [0.2, 0.25) is 0 Å². The second-order valence-corrected chi connectivity index (χ2v) is 10.5. The molecule has 0 atom stereocenters. The van der Waals surface area contributed by atoms with E-state index in [1.165, 1.54) is 12.0 Å². The highest BCUT2D eigenvalue weighted by Gasteiger charge is 2.21. The number of anilines is 2. The van der Waals surface area contributed by atoms with E-state index >= 15 is 0 Å². The minimum Gasteiger partial charge on any atom is -0.495 e. The van der Waals surface area contributed by atoms with E-state index < -0.39 is 17.6 Å². The minimum atomic E-state index is -0.572. The van der Waals surface area contributed by atoms with Crippen molar-refractivity contribution < 1.29 is 33.3 Å². The van der Waals surface area contributed by atoms with E-state index in [-0.39, 0.29) is 12.5 Å². The van der Waals surface area contributed by atoms with Crippen LogP contribution in [0, 0.1) is 6.92 Å². The smallest absolute Gasteiger partial charge is 0.407 e. The number of aryl methyl sites for hydroxylation is 1.